The maximum absolute atomic E-state index is 10.9. The molecule has 4 rings (SSSR count). The molecule has 0 bridgehead atoms. The molecule has 0 aliphatic carbocycles. The van der Waals surface area contributed by atoms with Crippen LogP contribution in [0.25, 0.3) is 0 Å². The molecule has 9 nitrogen and oxygen atoms in total. The van der Waals surface area contributed by atoms with Crippen molar-refractivity contribution < 1.29 is 9.66 Å². The molecule has 1 fully saturated rings. The summed E-state index contributed by atoms with van der Waals surface area (Å²) in [6, 6.07) is 13.4. The second-order valence-electron chi connectivity index (χ2n) is 7.68. The quantitative estimate of drug-likeness (QED) is 0.375. The van der Waals surface area contributed by atoms with Crippen LogP contribution in [0.2, 0.25) is 0 Å². The van der Waals surface area contributed by atoms with Gasteiger partial charge in [-0.2, -0.15) is 4.98 Å². The molecular formula is C22H24N6O3S. The van der Waals surface area contributed by atoms with Crippen molar-refractivity contribution in [2.45, 2.75) is 28.9 Å². The summed E-state index contributed by atoms with van der Waals surface area (Å²) >= 11 is 1.36. The lowest BCUT2D eigenvalue weighted by molar-refractivity contribution is -0.389. The lowest BCUT2D eigenvalue weighted by Gasteiger charge is -2.21. The Morgan fingerprint density at radius 2 is 2.00 bits per heavy atom. The first-order chi connectivity index (χ1) is 15.5. The van der Waals surface area contributed by atoms with Gasteiger partial charge < -0.3 is 24.7 Å². The maximum atomic E-state index is 10.9. The highest BCUT2D eigenvalue weighted by atomic mass is 32.2. The van der Waals surface area contributed by atoms with Crippen LogP contribution in [-0.4, -0.2) is 58.0 Å². The van der Waals surface area contributed by atoms with Crippen LogP contribution in [0.5, 0.6) is 5.88 Å². The molecule has 3 aromatic rings. The van der Waals surface area contributed by atoms with Gasteiger partial charge in [0, 0.05) is 25.2 Å². The van der Waals surface area contributed by atoms with Crippen molar-refractivity contribution in [2.75, 3.05) is 32.1 Å². The normalized spacial score (nSPS) is 15.8. The second-order valence-corrected chi connectivity index (χ2v) is 8.79. The number of anilines is 1. The lowest BCUT2D eigenvalue weighted by Crippen LogP contribution is -2.32. The molecule has 1 aliphatic rings. The molecule has 3 heterocycles. The molecule has 2 aromatic heterocycles. The van der Waals surface area contributed by atoms with E-state index in [9.17, 15) is 10.1 Å². The molecule has 10 heteroatoms. The van der Waals surface area contributed by atoms with Crippen LogP contribution in [0.1, 0.15) is 12.0 Å². The van der Waals surface area contributed by atoms with Gasteiger partial charge in [-0.05, 0) is 42.1 Å². The number of likely N-dealkylation sites (N-methyl/N-ethyl adjacent to an activating group) is 1. The van der Waals surface area contributed by atoms with Crippen molar-refractivity contribution in [1.29, 1.82) is 0 Å². The third-order valence-corrected chi connectivity index (χ3v) is 6.22. The van der Waals surface area contributed by atoms with Gasteiger partial charge in [-0.1, -0.05) is 42.1 Å². The third kappa shape index (κ3) is 5.32. The third-order valence-electron chi connectivity index (χ3n) is 5.24. The zero-order chi connectivity index (χ0) is 22.5. The van der Waals surface area contributed by atoms with Gasteiger partial charge >= 0.3 is 5.82 Å². The fraction of sp³-hybridized carbons (Fsp3) is 0.318. The number of pyridine rings is 1. The molecule has 0 amide bonds. The van der Waals surface area contributed by atoms with Crippen molar-refractivity contribution in [3.05, 3.63) is 70.5 Å². The van der Waals surface area contributed by atoms with Crippen LogP contribution in [0, 0.1) is 10.1 Å². The first-order valence-electron chi connectivity index (χ1n) is 10.2. The number of nitrogens with zero attached hydrogens (tertiary/aromatic N) is 6. The summed E-state index contributed by atoms with van der Waals surface area (Å²) in [6.07, 6.45) is 4.28. The number of benzene rings is 1. The Balaban J connectivity index is 1.57. The Labute approximate surface area is 190 Å². The van der Waals surface area contributed by atoms with E-state index in [1.807, 2.05) is 30.3 Å². The first-order valence-corrected chi connectivity index (χ1v) is 11.0. The predicted molar refractivity (Wildman–Crippen MR) is 122 cm³/mol. The molecule has 0 N–H and O–H groups in total. The molecule has 0 saturated carbocycles. The molecule has 1 atom stereocenters. The molecule has 32 heavy (non-hydrogen) atoms. The number of aromatic nitrogens is 3. The number of hydrogen-bond acceptors (Lipinski definition) is 9. The summed E-state index contributed by atoms with van der Waals surface area (Å²) in [5.41, 5.74) is 1.04. The second kappa shape index (κ2) is 9.92. The highest BCUT2D eigenvalue weighted by molar-refractivity contribution is 7.99. The molecule has 0 unspecified atom stereocenters. The number of rotatable bonds is 8. The van der Waals surface area contributed by atoms with Gasteiger partial charge in [-0.3, -0.25) is 0 Å². The highest BCUT2D eigenvalue weighted by Crippen LogP contribution is 2.35. The maximum Gasteiger partial charge on any atom is 0.363 e. The van der Waals surface area contributed by atoms with E-state index in [0.717, 1.165) is 34.9 Å². The van der Waals surface area contributed by atoms with Crippen molar-refractivity contribution in [1.82, 2.24) is 19.9 Å². The number of ether oxygens (including phenoxy) is 1. The van der Waals surface area contributed by atoms with E-state index in [-0.39, 0.29) is 5.82 Å². The van der Waals surface area contributed by atoms with Gasteiger partial charge in [-0.25, -0.2) is 4.98 Å². The summed E-state index contributed by atoms with van der Waals surface area (Å²) in [7, 11) is 4.17. The van der Waals surface area contributed by atoms with Crippen molar-refractivity contribution >= 4 is 23.5 Å². The van der Waals surface area contributed by atoms with Crippen molar-refractivity contribution in [2.24, 2.45) is 0 Å². The zero-order valence-corrected chi connectivity index (χ0v) is 18.7. The predicted octanol–water partition coefficient (Wildman–Crippen LogP) is 3.65. The van der Waals surface area contributed by atoms with Gasteiger partial charge in [0.2, 0.25) is 11.8 Å². The SMILES string of the molecule is CN(C)[C@@H]1CCN(c2ncc(Sc3ccc([N+](=O)[O-])nc3)c(OCc3ccccc3)n2)C1. The summed E-state index contributed by atoms with van der Waals surface area (Å²) in [4.78, 5) is 29.4. The summed E-state index contributed by atoms with van der Waals surface area (Å²) < 4.78 is 6.09. The summed E-state index contributed by atoms with van der Waals surface area (Å²) in [5, 5.41) is 10.9. The van der Waals surface area contributed by atoms with E-state index in [4.69, 9.17) is 9.72 Å². The Morgan fingerprint density at radius 1 is 1.19 bits per heavy atom. The average Bonchev–Trinajstić information content (AvgIpc) is 3.30. The molecule has 0 spiro atoms. The Hall–Kier alpha value is -3.24. The Bertz CT molecular complexity index is 1070. The van der Waals surface area contributed by atoms with Crippen LogP contribution in [-0.2, 0) is 6.61 Å². The molecular weight excluding hydrogens is 428 g/mol. The molecule has 1 aromatic carbocycles. The Kier molecular flexibility index (Phi) is 6.81. The lowest BCUT2D eigenvalue weighted by atomic mass is 10.2. The van der Waals surface area contributed by atoms with E-state index >= 15 is 0 Å². The van der Waals surface area contributed by atoms with Crippen molar-refractivity contribution in [3.8, 4) is 5.88 Å². The molecule has 1 aliphatic heterocycles. The molecule has 0 radical (unpaired) electrons. The standard InChI is InChI=1S/C22H24N6O3S/c1-26(2)17-10-11-27(14-17)22-24-13-19(32-18-8-9-20(23-12-18)28(29)30)21(25-22)31-15-16-6-4-3-5-7-16/h3-9,12-13,17H,10-11,14-15H2,1-2H3/t17-/m1/s1. The van der Waals surface area contributed by atoms with Crippen molar-refractivity contribution in [3.63, 3.8) is 0 Å². The van der Waals surface area contributed by atoms with Crippen LogP contribution < -0.4 is 9.64 Å². The average molecular weight is 453 g/mol. The van der Waals surface area contributed by atoms with Gasteiger partial charge in [0.15, 0.2) is 6.20 Å². The van der Waals surface area contributed by atoms with E-state index < -0.39 is 4.92 Å². The minimum Gasteiger partial charge on any atom is -0.472 e. The number of hydrogen-bond donors (Lipinski definition) is 0. The van der Waals surface area contributed by atoms with Gasteiger partial charge in [0.1, 0.15) is 6.61 Å². The van der Waals surface area contributed by atoms with Crippen LogP contribution >= 0.6 is 11.8 Å². The van der Waals surface area contributed by atoms with Crippen LogP contribution in [0.3, 0.4) is 0 Å². The summed E-state index contributed by atoms with van der Waals surface area (Å²) in [6.45, 7) is 2.13. The number of nitro groups is 1. The monoisotopic (exact) mass is 452 g/mol. The van der Waals surface area contributed by atoms with Gasteiger partial charge in [-0.15, -0.1) is 0 Å². The minimum absolute atomic E-state index is 0.189. The topological polar surface area (TPSA) is 97.5 Å². The van der Waals surface area contributed by atoms with E-state index in [2.05, 4.69) is 33.9 Å². The molecule has 166 valence electrons. The largest absolute Gasteiger partial charge is 0.472 e. The smallest absolute Gasteiger partial charge is 0.363 e. The first kappa shape index (κ1) is 22.0. The Morgan fingerprint density at radius 3 is 2.66 bits per heavy atom. The van der Waals surface area contributed by atoms with Crippen LogP contribution in [0.15, 0.2) is 64.6 Å². The van der Waals surface area contributed by atoms with Crippen LogP contribution in [0.4, 0.5) is 11.8 Å². The highest BCUT2D eigenvalue weighted by Gasteiger charge is 2.26. The van der Waals surface area contributed by atoms with E-state index in [0.29, 0.717) is 24.5 Å². The fourth-order valence-corrected chi connectivity index (χ4v) is 4.20. The van der Waals surface area contributed by atoms with Gasteiger partial charge in [0.05, 0.1) is 16.0 Å². The molecule has 1 saturated heterocycles. The van der Waals surface area contributed by atoms with E-state index in [1.165, 1.54) is 24.0 Å². The van der Waals surface area contributed by atoms with E-state index in [1.54, 1.807) is 12.3 Å². The minimum atomic E-state index is -0.516. The zero-order valence-electron chi connectivity index (χ0n) is 17.9. The summed E-state index contributed by atoms with van der Waals surface area (Å²) in [5.74, 6) is 0.935. The van der Waals surface area contributed by atoms with Gasteiger partial charge in [0.25, 0.3) is 0 Å². The fourth-order valence-electron chi connectivity index (χ4n) is 3.41.